The molecule has 0 saturated heterocycles. The summed E-state index contributed by atoms with van der Waals surface area (Å²) in [5.74, 6) is 2.10. The second-order valence-corrected chi connectivity index (χ2v) is 8.42. The second kappa shape index (κ2) is 6.89. The van der Waals surface area contributed by atoms with Crippen LogP contribution < -0.4 is 5.32 Å². The summed E-state index contributed by atoms with van der Waals surface area (Å²) in [6, 6.07) is 0. The van der Waals surface area contributed by atoms with Gasteiger partial charge in [0.05, 0.1) is 5.54 Å². The van der Waals surface area contributed by atoms with Gasteiger partial charge in [0.15, 0.2) is 0 Å². The summed E-state index contributed by atoms with van der Waals surface area (Å²) in [4.78, 5) is 13.1. The molecule has 2 aliphatic carbocycles. The van der Waals surface area contributed by atoms with Crippen LogP contribution in [0, 0.1) is 17.3 Å². The first-order chi connectivity index (χ1) is 9.91. The first-order valence-electron chi connectivity index (χ1n) is 8.80. The Hall–Kier alpha value is -0.240. The van der Waals surface area contributed by atoms with Crippen molar-refractivity contribution in [1.29, 1.82) is 0 Å². The summed E-state index contributed by atoms with van der Waals surface area (Å²) in [5.41, 5.74) is -0.267. The summed E-state index contributed by atoms with van der Waals surface area (Å²) in [6.07, 6.45) is 10.1. The third-order valence-corrected chi connectivity index (χ3v) is 6.08. The number of carbonyl (C=O) groups is 1. The molecular weight excluding hydrogens is 282 g/mol. The normalized spacial score (nSPS) is 32.3. The summed E-state index contributed by atoms with van der Waals surface area (Å²) in [6.45, 7) is 6.74. The Kier molecular flexibility index (Phi) is 5.62. The highest BCUT2D eigenvalue weighted by Gasteiger charge is 2.45. The quantitative estimate of drug-likeness (QED) is 0.719. The van der Waals surface area contributed by atoms with Gasteiger partial charge in [0.1, 0.15) is 0 Å². The molecule has 122 valence electrons. The van der Waals surface area contributed by atoms with Crippen molar-refractivity contribution in [2.75, 3.05) is 5.88 Å². The minimum absolute atomic E-state index is 0.117. The molecule has 2 aliphatic rings. The van der Waals surface area contributed by atoms with Crippen LogP contribution in [0.4, 0.5) is 0 Å². The van der Waals surface area contributed by atoms with E-state index in [1.54, 1.807) is 0 Å². The van der Waals surface area contributed by atoms with E-state index in [9.17, 15) is 4.79 Å². The Morgan fingerprint density at radius 2 is 1.90 bits per heavy atom. The van der Waals surface area contributed by atoms with Crippen molar-refractivity contribution in [2.45, 2.75) is 84.1 Å². The van der Waals surface area contributed by atoms with E-state index in [1.165, 1.54) is 25.7 Å². The molecule has 0 aromatic heterocycles. The van der Waals surface area contributed by atoms with E-state index in [-0.39, 0.29) is 11.0 Å². The Morgan fingerprint density at radius 1 is 1.24 bits per heavy atom. The summed E-state index contributed by atoms with van der Waals surface area (Å²) in [7, 11) is 0. The van der Waals surface area contributed by atoms with E-state index >= 15 is 0 Å². The lowest BCUT2D eigenvalue weighted by Crippen LogP contribution is -2.56. The van der Waals surface area contributed by atoms with E-state index in [4.69, 9.17) is 11.6 Å². The van der Waals surface area contributed by atoms with Crippen molar-refractivity contribution in [2.24, 2.45) is 17.3 Å². The Morgan fingerprint density at radius 3 is 2.43 bits per heavy atom. The molecule has 2 unspecified atom stereocenters. The van der Waals surface area contributed by atoms with E-state index in [0.717, 1.165) is 32.1 Å². The fourth-order valence-electron chi connectivity index (χ4n) is 4.66. The minimum Gasteiger partial charge on any atom is -0.349 e. The monoisotopic (exact) mass is 313 g/mol. The van der Waals surface area contributed by atoms with Gasteiger partial charge in [-0.25, -0.2) is 0 Å². The molecule has 2 nitrogen and oxygen atoms in total. The SMILES string of the molecule is CC(C)CC1(C(=O)NC2(CCl)CCCC(C)C2)CCCC1. The Bertz CT molecular complexity index is 362. The Balaban J connectivity index is 2.10. The molecule has 21 heavy (non-hydrogen) atoms. The largest absolute Gasteiger partial charge is 0.349 e. The lowest BCUT2D eigenvalue weighted by molar-refractivity contribution is -0.134. The smallest absolute Gasteiger partial charge is 0.226 e. The van der Waals surface area contributed by atoms with Gasteiger partial charge in [0.25, 0.3) is 0 Å². The molecule has 0 bridgehead atoms. The number of amides is 1. The highest BCUT2D eigenvalue weighted by atomic mass is 35.5. The van der Waals surface area contributed by atoms with Crippen LogP contribution in [0.15, 0.2) is 0 Å². The maximum absolute atomic E-state index is 13.1. The molecule has 0 aromatic rings. The van der Waals surface area contributed by atoms with Crippen molar-refractivity contribution in [3.8, 4) is 0 Å². The minimum atomic E-state index is -0.150. The van der Waals surface area contributed by atoms with Gasteiger partial charge in [-0.2, -0.15) is 0 Å². The van der Waals surface area contributed by atoms with E-state index in [2.05, 4.69) is 26.1 Å². The van der Waals surface area contributed by atoms with Crippen LogP contribution in [0.25, 0.3) is 0 Å². The van der Waals surface area contributed by atoms with Gasteiger partial charge in [-0.1, -0.05) is 46.5 Å². The molecule has 0 spiro atoms. The second-order valence-electron chi connectivity index (χ2n) is 8.16. The van der Waals surface area contributed by atoms with E-state index in [1.807, 2.05) is 0 Å². The molecule has 3 heteroatoms. The van der Waals surface area contributed by atoms with Crippen molar-refractivity contribution in [1.82, 2.24) is 5.32 Å². The molecule has 2 saturated carbocycles. The van der Waals surface area contributed by atoms with E-state index < -0.39 is 0 Å². The maximum Gasteiger partial charge on any atom is 0.226 e. The fraction of sp³-hybridized carbons (Fsp3) is 0.944. The highest BCUT2D eigenvalue weighted by molar-refractivity contribution is 6.18. The third kappa shape index (κ3) is 3.94. The molecule has 2 rings (SSSR count). The lowest BCUT2D eigenvalue weighted by Gasteiger charge is -2.42. The zero-order valence-electron chi connectivity index (χ0n) is 14.0. The summed E-state index contributed by atoms with van der Waals surface area (Å²) < 4.78 is 0. The molecule has 2 fully saturated rings. The summed E-state index contributed by atoms with van der Waals surface area (Å²) >= 11 is 6.29. The lowest BCUT2D eigenvalue weighted by atomic mass is 9.74. The van der Waals surface area contributed by atoms with Crippen molar-refractivity contribution in [3.05, 3.63) is 0 Å². The van der Waals surface area contributed by atoms with Crippen LogP contribution in [-0.2, 0) is 4.79 Å². The molecule has 0 aliphatic heterocycles. The number of rotatable bonds is 5. The number of hydrogen-bond donors (Lipinski definition) is 1. The van der Waals surface area contributed by atoms with Crippen molar-refractivity contribution in [3.63, 3.8) is 0 Å². The topological polar surface area (TPSA) is 29.1 Å². The van der Waals surface area contributed by atoms with Gasteiger partial charge in [-0.3, -0.25) is 4.79 Å². The van der Waals surface area contributed by atoms with Crippen molar-refractivity contribution >= 4 is 17.5 Å². The molecule has 1 amide bonds. The third-order valence-electron chi connectivity index (χ3n) is 5.57. The fourth-order valence-corrected chi connectivity index (χ4v) is 4.97. The number of halogens is 1. The van der Waals surface area contributed by atoms with Crippen LogP contribution in [0.5, 0.6) is 0 Å². The highest BCUT2D eigenvalue weighted by Crippen LogP contribution is 2.44. The molecule has 0 heterocycles. The van der Waals surface area contributed by atoms with Crippen molar-refractivity contribution < 1.29 is 4.79 Å². The number of carbonyl (C=O) groups excluding carboxylic acids is 1. The maximum atomic E-state index is 13.1. The summed E-state index contributed by atoms with van der Waals surface area (Å²) in [5, 5.41) is 3.43. The van der Waals surface area contributed by atoms with Gasteiger partial charge in [0, 0.05) is 11.3 Å². The van der Waals surface area contributed by atoms with Crippen LogP contribution >= 0.6 is 11.6 Å². The van der Waals surface area contributed by atoms with Gasteiger partial charge in [0.2, 0.25) is 5.91 Å². The van der Waals surface area contributed by atoms with Gasteiger partial charge in [-0.05, 0) is 43.9 Å². The Labute approximate surface area is 135 Å². The average Bonchev–Trinajstić information content (AvgIpc) is 2.87. The predicted octanol–water partition coefficient (Wildman–Crippen LogP) is 4.90. The van der Waals surface area contributed by atoms with E-state index in [0.29, 0.717) is 23.6 Å². The molecule has 1 N–H and O–H groups in total. The van der Waals surface area contributed by atoms with Gasteiger partial charge in [-0.15, -0.1) is 11.6 Å². The van der Waals surface area contributed by atoms with Gasteiger partial charge >= 0.3 is 0 Å². The molecule has 0 radical (unpaired) electrons. The van der Waals surface area contributed by atoms with Crippen LogP contribution in [0.1, 0.15) is 78.6 Å². The zero-order chi connectivity index (χ0) is 15.5. The number of nitrogens with one attached hydrogen (secondary N) is 1. The first-order valence-corrected chi connectivity index (χ1v) is 9.33. The van der Waals surface area contributed by atoms with Crippen LogP contribution in [0.3, 0.4) is 0 Å². The number of alkyl halides is 1. The average molecular weight is 314 g/mol. The molecule has 0 aromatic carbocycles. The zero-order valence-corrected chi connectivity index (χ0v) is 14.8. The van der Waals surface area contributed by atoms with Gasteiger partial charge < -0.3 is 5.32 Å². The first kappa shape index (κ1) is 17.1. The predicted molar refractivity (Wildman–Crippen MR) is 89.6 cm³/mol. The van der Waals surface area contributed by atoms with Crippen LogP contribution in [-0.4, -0.2) is 17.3 Å². The molecule has 2 atom stereocenters. The van der Waals surface area contributed by atoms with Crippen LogP contribution in [0.2, 0.25) is 0 Å². The standard InChI is InChI=1S/C18H32ClNO/c1-14(2)11-17(8-4-5-9-17)16(21)20-18(13-19)10-6-7-15(3)12-18/h14-15H,4-13H2,1-3H3,(H,20,21). The number of hydrogen-bond acceptors (Lipinski definition) is 1. The molecular formula is C18H32ClNO.